The summed E-state index contributed by atoms with van der Waals surface area (Å²) in [4.78, 5) is 34.4. The summed E-state index contributed by atoms with van der Waals surface area (Å²) in [5.41, 5.74) is 2.57. The summed E-state index contributed by atoms with van der Waals surface area (Å²) in [6.45, 7) is 7.47. The normalized spacial score (nSPS) is 13.9. The molecule has 2 aromatic carbocycles. The highest BCUT2D eigenvalue weighted by atomic mass is 16.6. The van der Waals surface area contributed by atoms with Crippen molar-refractivity contribution in [3.8, 4) is 11.5 Å². The molecule has 5 rings (SSSR count). The lowest BCUT2D eigenvalue weighted by molar-refractivity contribution is 0.0543. The van der Waals surface area contributed by atoms with Gasteiger partial charge in [0, 0.05) is 49.2 Å². The number of methoxy groups -OCH3 is 1. The van der Waals surface area contributed by atoms with Crippen LogP contribution < -0.4 is 14.4 Å². The van der Waals surface area contributed by atoms with Gasteiger partial charge in [-0.25, -0.2) is 19.1 Å². The van der Waals surface area contributed by atoms with Gasteiger partial charge in [-0.3, -0.25) is 4.90 Å². The number of ether oxygens (including phenoxy) is 3. The molecule has 0 bridgehead atoms. The lowest BCUT2D eigenvalue weighted by atomic mass is 10.1. The fraction of sp³-hybridized carbons (Fsp3) is 0.323. The molecular formula is C31H34N4O5. The average molecular weight is 543 g/mol. The van der Waals surface area contributed by atoms with Crippen LogP contribution in [0.4, 0.5) is 15.3 Å². The first-order valence-corrected chi connectivity index (χ1v) is 13.3. The maximum absolute atomic E-state index is 13.7. The maximum atomic E-state index is 13.7. The molecule has 1 saturated heterocycles. The molecule has 9 heteroatoms. The van der Waals surface area contributed by atoms with Gasteiger partial charge in [0.2, 0.25) is 0 Å². The molecule has 0 radical (unpaired) electrons. The molecular weight excluding hydrogens is 508 g/mol. The molecule has 40 heavy (non-hydrogen) atoms. The van der Waals surface area contributed by atoms with Crippen molar-refractivity contribution in [2.45, 2.75) is 45.9 Å². The molecule has 1 aliphatic rings. The Morgan fingerprint density at radius 3 is 2.55 bits per heavy atom. The van der Waals surface area contributed by atoms with Crippen LogP contribution in [-0.2, 0) is 17.9 Å². The molecule has 0 unspecified atom stereocenters. The van der Waals surface area contributed by atoms with Gasteiger partial charge in [0.05, 0.1) is 7.11 Å². The SMILES string of the molecule is COc1ccc(N2CCCN(Cc3ccnc4c3ccn4C(=O)OC(C)(C)C)C2=O)cc1OCc1ccccc1. The minimum absolute atomic E-state index is 0.0954. The van der Waals surface area contributed by atoms with E-state index in [1.165, 1.54) is 4.57 Å². The molecule has 208 valence electrons. The number of pyridine rings is 1. The predicted octanol–water partition coefficient (Wildman–Crippen LogP) is 6.24. The number of urea groups is 1. The first-order valence-electron chi connectivity index (χ1n) is 13.3. The molecule has 2 amide bonds. The molecule has 0 saturated carbocycles. The number of hydrogen-bond acceptors (Lipinski definition) is 6. The van der Waals surface area contributed by atoms with Crippen molar-refractivity contribution in [1.29, 1.82) is 0 Å². The highest BCUT2D eigenvalue weighted by Crippen LogP contribution is 2.34. The van der Waals surface area contributed by atoms with Gasteiger partial charge in [-0.05, 0) is 62.6 Å². The molecule has 2 aromatic heterocycles. The number of benzene rings is 2. The van der Waals surface area contributed by atoms with Crippen LogP contribution in [0.25, 0.3) is 11.0 Å². The molecule has 0 aliphatic carbocycles. The molecule has 1 fully saturated rings. The van der Waals surface area contributed by atoms with E-state index in [-0.39, 0.29) is 6.03 Å². The number of aromatic nitrogens is 2. The topological polar surface area (TPSA) is 86.1 Å². The van der Waals surface area contributed by atoms with Crippen LogP contribution in [0.3, 0.4) is 0 Å². The van der Waals surface area contributed by atoms with Gasteiger partial charge < -0.3 is 19.1 Å². The standard InChI is InChI=1S/C31H34N4O5/c1-31(2,3)40-30(37)35-18-14-25-23(13-15-32-28(25)35)20-33-16-8-17-34(29(33)36)24-11-12-26(38-4)27(19-24)39-21-22-9-6-5-7-10-22/h5-7,9-15,18-19H,8,16-17,20-21H2,1-4H3. The molecule has 3 heterocycles. The second kappa shape index (κ2) is 11.3. The molecule has 4 aromatic rings. The monoisotopic (exact) mass is 542 g/mol. The van der Waals surface area contributed by atoms with Crippen LogP contribution in [0, 0.1) is 0 Å². The van der Waals surface area contributed by atoms with Gasteiger partial charge in [0.1, 0.15) is 17.9 Å². The molecule has 0 spiro atoms. The van der Waals surface area contributed by atoms with Crippen molar-refractivity contribution in [2.24, 2.45) is 0 Å². The van der Waals surface area contributed by atoms with Gasteiger partial charge in [-0.15, -0.1) is 0 Å². The van der Waals surface area contributed by atoms with Crippen molar-refractivity contribution in [2.75, 3.05) is 25.1 Å². The Kier molecular flexibility index (Phi) is 7.64. The number of anilines is 1. The minimum Gasteiger partial charge on any atom is -0.493 e. The Balaban J connectivity index is 1.34. The van der Waals surface area contributed by atoms with Crippen LogP contribution in [0.2, 0.25) is 0 Å². The number of hydrogen-bond donors (Lipinski definition) is 0. The third-order valence-electron chi connectivity index (χ3n) is 6.64. The molecule has 0 N–H and O–H groups in total. The summed E-state index contributed by atoms with van der Waals surface area (Å²) >= 11 is 0. The Hall–Kier alpha value is -4.53. The Morgan fingerprint density at radius 1 is 1.00 bits per heavy atom. The van der Waals surface area contributed by atoms with Crippen LogP contribution in [0.1, 0.15) is 38.3 Å². The quantitative estimate of drug-likeness (QED) is 0.275. The zero-order valence-electron chi connectivity index (χ0n) is 23.3. The summed E-state index contributed by atoms with van der Waals surface area (Å²) in [6, 6.07) is 19.1. The van der Waals surface area contributed by atoms with Crippen molar-refractivity contribution < 1.29 is 23.8 Å². The number of fused-ring (bicyclic) bond motifs is 1. The van der Waals surface area contributed by atoms with Crippen LogP contribution in [-0.4, -0.2) is 52.4 Å². The fourth-order valence-corrected chi connectivity index (χ4v) is 4.75. The summed E-state index contributed by atoms with van der Waals surface area (Å²) in [6.07, 6.45) is 3.64. The third-order valence-corrected chi connectivity index (χ3v) is 6.64. The zero-order valence-corrected chi connectivity index (χ0v) is 23.3. The minimum atomic E-state index is -0.622. The zero-order chi connectivity index (χ0) is 28.3. The fourth-order valence-electron chi connectivity index (χ4n) is 4.75. The largest absolute Gasteiger partial charge is 0.493 e. The van der Waals surface area contributed by atoms with Crippen molar-refractivity contribution in [3.63, 3.8) is 0 Å². The van der Waals surface area contributed by atoms with E-state index in [1.807, 2.05) is 86.3 Å². The van der Waals surface area contributed by atoms with E-state index in [2.05, 4.69) is 4.98 Å². The Bertz CT molecular complexity index is 1510. The van der Waals surface area contributed by atoms with Crippen molar-refractivity contribution in [1.82, 2.24) is 14.5 Å². The Labute approximate surface area is 233 Å². The van der Waals surface area contributed by atoms with Crippen LogP contribution in [0.15, 0.2) is 73.1 Å². The smallest absolute Gasteiger partial charge is 0.420 e. The van der Waals surface area contributed by atoms with Gasteiger partial charge in [0.15, 0.2) is 11.5 Å². The Morgan fingerprint density at radius 2 is 1.80 bits per heavy atom. The number of carbonyl (C=O) groups excluding carboxylic acids is 2. The summed E-state index contributed by atoms with van der Waals surface area (Å²) in [5.74, 6) is 1.18. The van der Waals surface area contributed by atoms with E-state index < -0.39 is 11.7 Å². The number of amides is 2. The highest BCUT2D eigenvalue weighted by molar-refractivity contribution is 5.94. The lowest BCUT2D eigenvalue weighted by Gasteiger charge is -2.36. The summed E-state index contributed by atoms with van der Waals surface area (Å²) < 4.78 is 18.5. The van der Waals surface area contributed by atoms with Gasteiger partial charge in [0.25, 0.3) is 0 Å². The second-order valence-electron chi connectivity index (χ2n) is 10.7. The first-order chi connectivity index (χ1) is 19.2. The molecule has 9 nitrogen and oxygen atoms in total. The van der Waals surface area contributed by atoms with E-state index in [0.717, 1.165) is 28.6 Å². The lowest BCUT2D eigenvalue weighted by Crippen LogP contribution is -2.49. The van der Waals surface area contributed by atoms with E-state index >= 15 is 0 Å². The first kappa shape index (κ1) is 27.1. The second-order valence-corrected chi connectivity index (χ2v) is 10.7. The number of carbonyl (C=O) groups is 2. The van der Waals surface area contributed by atoms with Crippen LogP contribution in [0.5, 0.6) is 11.5 Å². The van der Waals surface area contributed by atoms with Crippen molar-refractivity contribution >= 4 is 28.8 Å². The number of nitrogens with zero attached hydrogens (tertiary/aromatic N) is 4. The third kappa shape index (κ3) is 5.88. The van der Waals surface area contributed by atoms with Gasteiger partial charge in [-0.1, -0.05) is 30.3 Å². The van der Waals surface area contributed by atoms with E-state index in [1.54, 1.807) is 24.4 Å². The van der Waals surface area contributed by atoms with Gasteiger partial charge in [-0.2, -0.15) is 0 Å². The van der Waals surface area contributed by atoms with E-state index in [9.17, 15) is 9.59 Å². The van der Waals surface area contributed by atoms with E-state index in [4.69, 9.17) is 14.2 Å². The molecule has 1 aliphatic heterocycles. The average Bonchev–Trinajstić information content (AvgIpc) is 3.38. The van der Waals surface area contributed by atoms with E-state index in [0.29, 0.717) is 43.4 Å². The van der Waals surface area contributed by atoms with Gasteiger partial charge >= 0.3 is 12.1 Å². The number of rotatable bonds is 7. The summed E-state index contributed by atoms with van der Waals surface area (Å²) in [7, 11) is 1.60. The van der Waals surface area contributed by atoms with Crippen LogP contribution >= 0.6 is 0 Å². The predicted molar refractivity (Wildman–Crippen MR) is 153 cm³/mol. The van der Waals surface area contributed by atoms with Crippen molar-refractivity contribution in [3.05, 3.63) is 84.2 Å². The highest BCUT2D eigenvalue weighted by Gasteiger charge is 2.28. The summed E-state index contributed by atoms with van der Waals surface area (Å²) in [5, 5.41) is 0.805. The maximum Gasteiger partial charge on any atom is 0.420 e. The molecule has 0 atom stereocenters.